The highest BCUT2D eigenvalue weighted by Gasteiger charge is 2.30. The average Bonchev–Trinajstić information content (AvgIpc) is 3.11. The Morgan fingerprint density at radius 3 is 2.13 bits per heavy atom. The molecule has 1 N–H and O–H groups in total. The summed E-state index contributed by atoms with van der Waals surface area (Å²) in [7, 11) is 0. The van der Waals surface area contributed by atoms with Crippen LogP contribution in [-0.2, 0) is 17.5 Å². The molecule has 0 aliphatic heterocycles. The van der Waals surface area contributed by atoms with Crippen LogP contribution >= 0.6 is 0 Å². The Morgan fingerprint density at radius 2 is 1.52 bits per heavy atom. The molecular weight excluding hydrogens is 407 g/mol. The number of hydrogen-bond acceptors (Lipinski definition) is 2. The molecule has 0 atom stereocenters. The van der Waals surface area contributed by atoms with Crippen LogP contribution in [0.25, 0.3) is 22.0 Å². The number of benzene rings is 3. The Morgan fingerprint density at radius 1 is 0.871 bits per heavy atom. The van der Waals surface area contributed by atoms with Gasteiger partial charge in [0.1, 0.15) is 0 Å². The third-order valence-electron chi connectivity index (χ3n) is 5.06. The van der Waals surface area contributed by atoms with Crippen LogP contribution < -0.4 is 0 Å². The summed E-state index contributed by atoms with van der Waals surface area (Å²) in [6.07, 6.45) is -2.93. The lowest BCUT2D eigenvalue weighted by atomic mass is 10.0. The number of rotatable bonds is 5. The fourth-order valence-corrected chi connectivity index (χ4v) is 3.54. The fourth-order valence-electron chi connectivity index (χ4n) is 3.54. The van der Waals surface area contributed by atoms with Crippen LogP contribution in [0, 0.1) is 0 Å². The van der Waals surface area contributed by atoms with Crippen LogP contribution in [0.5, 0.6) is 0 Å². The quantitative estimate of drug-likeness (QED) is 0.334. The molecule has 4 nitrogen and oxygen atoms in total. The number of nitrogens with zero attached hydrogens (tertiary/aromatic N) is 1. The van der Waals surface area contributed by atoms with Crippen molar-refractivity contribution >= 4 is 22.7 Å². The number of fused-ring (bicyclic) bond motifs is 1. The predicted octanol–water partition coefficient (Wildman–Crippen LogP) is 5.64. The molecule has 0 spiro atoms. The van der Waals surface area contributed by atoms with Crippen molar-refractivity contribution in [3.63, 3.8) is 0 Å². The van der Waals surface area contributed by atoms with Gasteiger partial charge in [-0.25, -0.2) is 4.79 Å². The second-order valence-corrected chi connectivity index (χ2v) is 7.10. The predicted molar refractivity (Wildman–Crippen MR) is 110 cm³/mol. The van der Waals surface area contributed by atoms with E-state index in [1.165, 1.54) is 18.3 Å². The summed E-state index contributed by atoms with van der Waals surface area (Å²) in [5, 5.41) is 9.65. The number of hydrogen-bond donors (Lipinski definition) is 1. The molecule has 0 aliphatic rings. The summed E-state index contributed by atoms with van der Waals surface area (Å²) < 4.78 is 40.3. The van der Waals surface area contributed by atoms with Gasteiger partial charge in [-0.15, -0.1) is 0 Å². The number of carbonyl (C=O) groups excluding carboxylic acids is 1. The number of aliphatic carboxylic acids is 1. The van der Waals surface area contributed by atoms with Gasteiger partial charge in [-0.05, 0) is 41.0 Å². The molecule has 31 heavy (non-hydrogen) atoms. The first-order chi connectivity index (χ1) is 14.7. The first-order valence-electron chi connectivity index (χ1n) is 9.36. The molecule has 0 fully saturated rings. The maximum absolute atomic E-state index is 12.8. The van der Waals surface area contributed by atoms with Crippen LogP contribution in [0.3, 0.4) is 0 Å². The summed E-state index contributed by atoms with van der Waals surface area (Å²) in [6.45, 7) is 0.434. The minimum atomic E-state index is -4.43. The van der Waals surface area contributed by atoms with E-state index >= 15 is 0 Å². The van der Waals surface area contributed by atoms with E-state index in [1.54, 1.807) is 22.8 Å². The van der Waals surface area contributed by atoms with Gasteiger partial charge < -0.3 is 9.67 Å². The minimum Gasteiger partial charge on any atom is -0.475 e. The lowest BCUT2D eigenvalue weighted by Crippen LogP contribution is -2.12. The molecule has 0 unspecified atom stereocenters. The van der Waals surface area contributed by atoms with Crippen molar-refractivity contribution in [2.24, 2.45) is 0 Å². The van der Waals surface area contributed by atoms with E-state index < -0.39 is 23.5 Å². The number of alkyl halides is 3. The van der Waals surface area contributed by atoms with Crippen LogP contribution in [0.15, 0.2) is 79.0 Å². The van der Waals surface area contributed by atoms with Gasteiger partial charge >= 0.3 is 12.1 Å². The molecule has 3 aromatic carbocycles. The summed E-state index contributed by atoms with van der Waals surface area (Å²) >= 11 is 0. The zero-order chi connectivity index (χ0) is 22.2. The van der Waals surface area contributed by atoms with Crippen molar-refractivity contribution in [2.75, 3.05) is 0 Å². The molecule has 0 saturated carbocycles. The van der Waals surface area contributed by atoms with Crippen LogP contribution in [-0.4, -0.2) is 21.4 Å². The highest BCUT2D eigenvalue weighted by atomic mass is 19.4. The molecule has 4 aromatic rings. The molecule has 1 heterocycles. The number of ketones is 1. The van der Waals surface area contributed by atoms with Gasteiger partial charge in [-0.3, -0.25) is 4.79 Å². The van der Waals surface area contributed by atoms with Gasteiger partial charge in [0.05, 0.1) is 11.1 Å². The lowest BCUT2D eigenvalue weighted by Gasteiger charge is -2.09. The van der Waals surface area contributed by atoms with Crippen molar-refractivity contribution in [3.05, 3.63) is 95.7 Å². The van der Waals surface area contributed by atoms with E-state index in [0.717, 1.165) is 17.7 Å². The van der Waals surface area contributed by atoms with E-state index in [-0.39, 0.29) is 5.56 Å². The fraction of sp³-hybridized carbons (Fsp3) is 0.0833. The molecule has 0 aliphatic carbocycles. The van der Waals surface area contributed by atoms with E-state index in [9.17, 15) is 27.9 Å². The maximum atomic E-state index is 12.8. The van der Waals surface area contributed by atoms with Gasteiger partial charge in [0.15, 0.2) is 0 Å². The first-order valence-corrected chi connectivity index (χ1v) is 9.36. The SMILES string of the molecule is O=C(O)C(=O)c1cn(Cc2ccccc2)c2ccc(-c3ccc(C(F)(F)F)cc3)cc12. The standard InChI is InChI=1S/C24H16F3NO3/c25-24(26,27)18-9-6-16(7-10-18)17-8-11-21-19(12-17)20(22(29)23(30)31)14-28(21)13-15-4-2-1-3-5-15/h1-12,14H,13H2,(H,30,31). The van der Waals surface area contributed by atoms with E-state index in [0.29, 0.717) is 28.6 Å². The second kappa shape index (κ2) is 7.75. The topological polar surface area (TPSA) is 59.3 Å². The van der Waals surface area contributed by atoms with Gasteiger partial charge in [-0.1, -0.05) is 48.5 Å². The molecule has 0 bridgehead atoms. The smallest absolute Gasteiger partial charge is 0.416 e. The number of carbonyl (C=O) groups is 2. The summed E-state index contributed by atoms with van der Waals surface area (Å²) in [6, 6.07) is 19.3. The van der Waals surface area contributed by atoms with E-state index in [1.807, 2.05) is 30.3 Å². The second-order valence-electron chi connectivity index (χ2n) is 7.10. The molecule has 0 saturated heterocycles. The number of aromatic nitrogens is 1. The molecule has 0 amide bonds. The number of halogens is 3. The monoisotopic (exact) mass is 423 g/mol. The Labute approximate surface area is 175 Å². The van der Waals surface area contributed by atoms with Crippen molar-refractivity contribution in [2.45, 2.75) is 12.7 Å². The average molecular weight is 423 g/mol. The largest absolute Gasteiger partial charge is 0.475 e. The Balaban J connectivity index is 1.81. The molecule has 7 heteroatoms. The highest BCUT2D eigenvalue weighted by Crippen LogP contribution is 2.33. The van der Waals surface area contributed by atoms with E-state index in [4.69, 9.17) is 0 Å². The van der Waals surface area contributed by atoms with Gasteiger partial charge in [0, 0.05) is 23.6 Å². The summed E-state index contributed by atoms with van der Waals surface area (Å²) in [5.41, 5.74) is 2.02. The zero-order valence-corrected chi connectivity index (χ0v) is 16.1. The lowest BCUT2D eigenvalue weighted by molar-refractivity contribution is -0.137. The van der Waals surface area contributed by atoms with E-state index in [2.05, 4.69) is 0 Å². The molecule has 4 rings (SSSR count). The van der Waals surface area contributed by atoms with Crippen LogP contribution in [0.2, 0.25) is 0 Å². The Kier molecular flexibility index (Phi) is 5.10. The normalized spacial score (nSPS) is 11.6. The van der Waals surface area contributed by atoms with Gasteiger partial charge in [0.25, 0.3) is 5.78 Å². The third kappa shape index (κ3) is 4.07. The minimum absolute atomic E-state index is 0.0344. The number of Topliss-reactive ketones (excluding diaryl/α,β-unsaturated/α-hetero) is 1. The summed E-state index contributed by atoms with van der Waals surface area (Å²) in [4.78, 5) is 23.6. The zero-order valence-electron chi connectivity index (χ0n) is 16.1. The van der Waals surface area contributed by atoms with Crippen molar-refractivity contribution < 1.29 is 27.9 Å². The third-order valence-corrected chi connectivity index (χ3v) is 5.06. The Hall–Kier alpha value is -3.87. The molecular formula is C24H16F3NO3. The van der Waals surface area contributed by atoms with Crippen LogP contribution in [0.4, 0.5) is 13.2 Å². The Bertz CT molecular complexity index is 1270. The van der Waals surface area contributed by atoms with Crippen LogP contribution in [0.1, 0.15) is 21.5 Å². The molecule has 1 aromatic heterocycles. The summed E-state index contributed by atoms with van der Waals surface area (Å²) in [5.74, 6) is -2.61. The highest BCUT2D eigenvalue weighted by molar-refractivity contribution is 6.42. The van der Waals surface area contributed by atoms with Crippen molar-refractivity contribution in [1.82, 2.24) is 4.57 Å². The number of carboxylic acids is 1. The molecule has 0 radical (unpaired) electrons. The molecule has 156 valence electrons. The van der Waals surface area contributed by atoms with Gasteiger partial charge in [-0.2, -0.15) is 13.2 Å². The number of carboxylic acid groups (broad SMARTS) is 1. The maximum Gasteiger partial charge on any atom is 0.416 e. The van der Waals surface area contributed by atoms with Crippen molar-refractivity contribution in [3.8, 4) is 11.1 Å². The van der Waals surface area contributed by atoms with Crippen molar-refractivity contribution in [1.29, 1.82) is 0 Å². The van der Waals surface area contributed by atoms with Gasteiger partial charge in [0.2, 0.25) is 0 Å². The first kappa shape index (κ1) is 20.4.